The monoisotopic (exact) mass is 372 g/mol. The van der Waals surface area contributed by atoms with Crippen molar-refractivity contribution in [3.05, 3.63) is 45.8 Å². The number of benzene rings is 1. The minimum absolute atomic E-state index is 0.00730. The normalized spacial score (nSPS) is 10.8. The van der Waals surface area contributed by atoms with Gasteiger partial charge in [-0.2, -0.15) is 0 Å². The summed E-state index contributed by atoms with van der Waals surface area (Å²) in [6.07, 6.45) is 1.37. The maximum Gasteiger partial charge on any atom is 0.251 e. The molecule has 0 bridgehead atoms. The highest BCUT2D eigenvalue weighted by atomic mass is 35.5. The topological polar surface area (TPSA) is 74.4 Å². The molecule has 2 aromatic rings. The predicted octanol–water partition coefficient (Wildman–Crippen LogP) is 4.45. The minimum Gasteiger partial charge on any atom is -0.476 e. The minimum atomic E-state index is -0.919. The second-order valence-corrected chi connectivity index (χ2v) is 6.21. The lowest BCUT2D eigenvalue weighted by atomic mass is 10.2. The molecule has 5 nitrogen and oxygen atoms in total. The molecule has 2 rings (SSSR count). The summed E-state index contributed by atoms with van der Waals surface area (Å²) in [5, 5.41) is 0.278. The van der Waals surface area contributed by atoms with Crippen molar-refractivity contribution in [1.82, 2.24) is 4.98 Å². The summed E-state index contributed by atoms with van der Waals surface area (Å²) in [5.74, 6) is -0.906. The van der Waals surface area contributed by atoms with E-state index in [1.165, 1.54) is 12.3 Å². The molecule has 0 saturated carbocycles. The van der Waals surface area contributed by atoms with Gasteiger partial charge in [-0.25, -0.2) is 9.37 Å². The maximum absolute atomic E-state index is 13.8. The van der Waals surface area contributed by atoms with Crippen LogP contribution < -0.4 is 15.2 Å². The van der Waals surface area contributed by atoms with E-state index in [4.69, 9.17) is 38.4 Å². The highest BCUT2D eigenvalue weighted by molar-refractivity contribution is 6.32. The molecule has 128 valence electrons. The van der Waals surface area contributed by atoms with Crippen LogP contribution in [0.25, 0.3) is 0 Å². The number of nitrogens with two attached hydrogens (primary N) is 1. The van der Waals surface area contributed by atoms with Crippen molar-refractivity contribution >= 4 is 29.1 Å². The average Bonchev–Trinajstić information content (AvgIpc) is 2.49. The number of pyridine rings is 1. The standard InChI is InChI=1S/C16H15Cl2FN2O3/c1-8(2)7-23-16-12(18)3-9(6-21-16)24-14-5-13(19)10(15(20)22)4-11(14)17/h3-6,8H,7H2,1-2H3,(H2,20,22). The molecular formula is C16H15Cl2FN2O3. The van der Waals surface area contributed by atoms with E-state index in [1.54, 1.807) is 0 Å². The van der Waals surface area contributed by atoms with E-state index in [0.29, 0.717) is 12.5 Å². The van der Waals surface area contributed by atoms with Crippen molar-refractivity contribution in [2.24, 2.45) is 11.7 Å². The van der Waals surface area contributed by atoms with Crippen molar-refractivity contribution in [2.45, 2.75) is 13.8 Å². The Kier molecular flexibility index (Phi) is 5.85. The fourth-order valence-electron chi connectivity index (χ4n) is 1.74. The largest absolute Gasteiger partial charge is 0.476 e. The third kappa shape index (κ3) is 4.49. The Labute approximate surface area is 148 Å². The van der Waals surface area contributed by atoms with Gasteiger partial charge in [0.05, 0.1) is 23.4 Å². The zero-order chi connectivity index (χ0) is 17.9. The first-order valence-corrected chi connectivity index (χ1v) is 7.78. The van der Waals surface area contributed by atoms with Gasteiger partial charge in [0.1, 0.15) is 22.3 Å². The van der Waals surface area contributed by atoms with Crippen LogP contribution in [-0.4, -0.2) is 17.5 Å². The van der Waals surface area contributed by atoms with E-state index in [2.05, 4.69) is 4.98 Å². The van der Waals surface area contributed by atoms with Crippen LogP contribution in [0.15, 0.2) is 24.4 Å². The number of rotatable bonds is 6. The molecule has 1 heterocycles. The van der Waals surface area contributed by atoms with Crippen LogP contribution >= 0.6 is 23.2 Å². The molecule has 0 aliphatic carbocycles. The van der Waals surface area contributed by atoms with Crippen LogP contribution in [0.5, 0.6) is 17.4 Å². The molecule has 0 aliphatic rings. The van der Waals surface area contributed by atoms with Gasteiger partial charge in [0.15, 0.2) is 0 Å². The summed E-state index contributed by atoms with van der Waals surface area (Å²) in [6, 6.07) is 3.55. The molecule has 1 amide bonds. The van der Waals surface area contributed by atoms with E-state index >= 15 is 0 Å². The van der Waals surface area contributed by atoms with E-state index in [0.717, 1.165) is 12.1 Å². The molecule has 0 atom stereocenters. The van der Waals surface area contributed by atoms with Crippen LogP contribution in [0, 0.1) is 11.7 Å². The summed E-state index contributed by atoms with van der Waals surface area (Å²) >= 11 is 12.1. The summed E-state index contributed by atoms with van der Waals surface area (Å²) in [6.45, 7) is 4.47. The zero-order valence-electron chi connectivity index (χ0n) is 13.0. The number of carbonyl (C=O) groups is 1. The van der Waals surface area contributed by atoms with Gasteiger partial charge in [0.2, 0.25) is 5.88 Å². The van der Waals surface area contributed by atoms with Gasteiger partial charge in [-0.1, -0.05) is 37.0 Å². The van der Waals surface area contributed by atoms with Crippen molar-refractivity contribution in [3.8, 4) is 17.4 Å². The molecule has 0 radical (unpaired) electrons. The van der Waals surface area contributed by atoms with Crippen LogP contribution in [0.4, 0.5) is 4.39 Å². The summed E-state index contributed by atoms with van der Waals surface area (Å²) < 4.78 is 24.7. The van der Waals surface area contributed by atoms with E-state index in [-0.39, 0.29) is 33.0 Å². The van der Waals surface area contributed by atoms with Gasteiger partial charge < -0.3 is 15.2 Å². The number of amides is 1. The number of primary amides is 1. The Morgan fingerprint density at radius 2 is 2.00 bits per heavy atom. The molecule has 0 unspecified atom stereocenters. The molecule has 0 fully saturated rings. The number of nitrogens with zero attached hydrogens (tertiary/aromatic N) is 1. The number of aromatic nitrogens is 1. The first-order chi connectivity index (χ1) is 11.3. The van der Waals surface area contributed by atoms with Crippen molar-refractivity contribution < 1.29 is 18.7 Å². The van der Waals surface area contributed by atoms with Crippen LogP contribution in [0.1, 0.15) is 24.2 Å². The van der Waals surface area contributed by atoms with Crippen LogP contribution in [-0.2, 0) is 0 Å². The van der Waals surface area contributed by atoms with Gasteiger partial charge in [-0.05, 0) is 12.0 Å². The Balaban J connectivity index is 2.21. The highest BCUT2D eigenvalue weighted by Gasteiger charge is 2.15. The number of carbonyl (C=O) groups excluding carboxylic acids is 1. The van der Waals surface area contributed by atoms with Crippen molar-refractivity contribution in [2.75, 3.05) is 6.61 Å². The number of hydrogen-bond donors (Lipinski definition) is 1. The fraction of sp³-hybridized carbons (Fsp3) is 0.250. The van der Waals surface area contributed by atoms with Gasteiger partial charge >= 0.3 is 0 Å². The lowest BCUT2D eigenvalue weighted by molar-refractivity contribution is 0.0996. The molecule has 24 heavy (non-hydrogen) atoms. The highest BCUT2D eigenvalue weighted by Crippen LogP contribution is 2.34. The zero-order valence-corrected chi connectivity index (χ0v) is 14.5. The molecule has 8 heteroatoms. The number of ether oxygens (including phenoxy) is 2. The van der Waals surface area contributed by atoms with Crippen LogP contribution in [0.2, 0.25) is 10.0 Å². The van der Waals surface area contributed by atoms with Crippen molar-refractivity contribution in [3.63, 3.8) is 0 Å². The van der Waals surface area contributed by atoms with Gasteiger partial charge in [-0.15, -0.1) is 0 Å². The summed E-state index contributed by atoms with van der Waals surface area (Å²) in [4.78, 5) is 15.1. The second kappa shape index (κ2) is 7.68. The molecule has 1 aromatic carbocycles. The average molecular weight is 373 g/mol. The molecule has 0 saturated heterocycles. The third-order valence-corrected chi connectivity index (χ3v) is 3.42. The van der Waals surface area contributed by atoms with Crippen molar-refractivity contribution in [1.29, 1.82) is 0 Å². The van der Waals surface area contributed by atoms with Gasteiger partial charge in [-0.3, -0.25) is 4.79 Å². The Hall–Kier alpha value is -2.05. The molecular weight excluding hydrogens is 358 g/mol. The first-order valence-electron chi connectivity index (χ1n) is 7.03. The Morgan fingerprint density at radius 3 is 2.58 bits per heavy atom. The Bertz CT molecular complexity index is 769. The first kappa shape index (κ1) is 18.3. The lowest BCUT2D eigenvalue weighted by Crippen LogP contribution is -2.13. The number of halogens is 3. The lowest BCUT2D eigenvalue weighted by Gasteiger charge is -2.12. The van der Waals surface area contributed by atoms with Gasteiger partial charge in [0, 0.05) is 12.1 Å². The maximum atomic E-state index is 13.8. The molecule has 2 N–H and O–H groups in total. The third-order valence-electron chi connectivity index (χ3n) is 2.85. The fourth-order valence-corrected chi connectivity index (χ4v) is 2.15. The van der Waals surface area contributed by atoms with Crippen LogP contribution in [0.3, 0.4) is 0 Å². The molecule has 0 aliphatic heterocycles. The molecule has 1 aromatic heterocycles. The molecule has 0 spiro atoms. The number of hydrogen-bond acceptors (Lipinski definition) is 4. The van der Waals surface area contributed by atoms with Gasteiger partial charge in [0.25, 0.3) is 5.91 Å². The SMILES string of the molecule is CC(C)COc1ncc(Oc2cc(F)c(C(N)=O)cc2Cl)cc1Cl. The summed E-state index contributed by atoms with van der Waals surface area (Å²) in [5.41, 5.74) is 4.73. The summed E-state index contributed by atoms with van der Waals surface area (Å²) in [7, 11) is 0. The second-order valence-electron chi connectivity index (χ2n) is 5.39. The smallest absolute Gasteiger partial charge is 0.251 e. The van der Waals surface area contributed by atoms with E-state index < -0.39 is 11.7 Å². The quantitative estimate of drug-likeness (QED) is 0.812. The van der Waals surface area contributed by atoms with E-state index in [9.17, 15) is 9.18 Å². The Morgan fingerprint density at radius 1 is 1.29 bits per heavy atom. The van der Waals surface area contributed by atoms with E-state index in [1.807, 2.05) is 13.8 Å². The predicted molar refractivity (Wildman–Crippen MR) is 89.6 cm³/mol.